The summed E-state index contributed by atoms with van der Waals surface area (Å²) in [6.45, 7) is 11.7. The van der Waals surface area contributed by atoms with E-state index in [0.29, 0.717) is 6.42 Å². The van der Waals surface area contributed by atoms with Gasteiger partial charge in [-0.2, -0.15) is 0 Å². The first kappa shape index (κ1) is 39.4. The SMILES string of the molecule is CCCCCCCCCC(=O)O.CCCCCCC[CH2][Sn]([CH2]CCC)([CH2]CCC)[CH2]CCCCCCC. The van der Waals surface area contributed by atoms with Crippen molar-refractivity contribution in [2.75, 3.05) is 0 Å². The van der Waals surface area contributed by atoms with E-state index in [1.54, 1.807) is 43.4 Å². The molecule has 0 aliphatic carbocycles. The van der Waals surface area contributed by atoms with Crippen LogP contribution in [0.5, 0.6) is 0 Å². The molecule has 0 aromatic rings. The summed E-state index contributed by atoms with van der Waals surface area (Å²) in [6, 6.07) is 0. The Morgan fingerprint density at radius 2 is 0.676 bits per heavy atom. The summed E-state index contributed by atoms with van der Waals surface area (Å²) in [4.78, 5) is 10.1. The van der Waals surface area contributed by atoms with Gasteiger partial charge in [-0.05, 0) is 6.42 Å². The van der Waals surface area contributed by atoms with Crippen molar-refractivity contribution in [1.29, 1.82) is 0 Å². The molecule has 0 fully saturated rings. The van der Waals surface area contributed by atoms with Crippen LogP contribution in [0.1, 0.15) is 189 Å². The van der Waals surface area contributed by atoms with Crippen LogP contribution in [0.4, 0.5) is 0 Å². The number of aliphatic carboxylic acids is 1. The molecule has 224 valence electrons. The van der Waals surface area contributed by atoms with Crippen molar-refractivity contribution in [3.05, 3.63) is 0 Å². The van der Waals surface area contributed by atoms with Crippen molar-refractivity contribution in [2.24, 2.45) is 0 Å². The van der Waals surface area contributed by atoms with E-state index in [0.717, 1.165) is 12.8 Å². The predicted octanol–water partition coefficient (Wildman–Crippen LogP) is 13.0. The zero-order chi connectivity index (χ0) is 27.9. The first-order valence-corrected chi connectivity index (χ1v) is 25.3. The molecular weight excluding hydrogens is 559 g/mol. The minimum atomic E-state index is -1.83. The monoisotopic (exact) mass is 632 g/mol. The molecule has 0 aliphatic heterocycles. The van der Waals surface area contributed by atoms with Gasteiger partial charge in [-0.15, -0.1) is 0 Å². The number of unbranched alkanes of at least 4 members (excludes halogenated alkanes) is 18. The van der Waals surface area contributed by atoms with E-state index in [9.17, 15) is 4.79 Å². The van der Waals surface area contributed by atoms with Gasteiger partial charge in [0.15, 0.2) is 0 Å². The quantitative estimate of drug-likeness (QED) is 0.0689. The van der Waals surface area contributed by atoms with Crippen molar-refractivity contribution >= 4 is 24.3 Å². The van der Waals surface area contributed by atoms with Gasteiger partial charge in [0, 0.05) is 6.42 Å². The average Bonchev–Trinajstić information content (AvgIpc) is 2.89. The molecule has 37 heavy (non-hydrogen) atoms. The Labute approximate surface area is 239 Å². The minimum absolute atomic E-state index is 0.341. The third kappa shape index (κ3) is 30.7. The van der Waals surface area contributed by atoms with E-state index in [1.807, 2.05) is 0 Å². The normalized spacial score (nSPS) is 11.4. The van der Waals surface area contributed by atoms with Crippen LogP contribution >= 0.6 is 0 Å². The molecule has 0 aromatic carbocycles. The fourth-order valence-electron chi connectivity index (χ4n) is 5.65. The molecule has 0 bridgehead atoms. The summed E-state index contributed by atoms with van der Waals surface area (Å²) < 4.78 is 6.90. The second-order valence-corrected chi connectivity index (χ2v) is 26.3. The van der Waals surface area contributed by atoms with E-state index in [1.165, 1.54) is 109 Å². The third-order valence-corrected chi connectivity index (χ3v) is 24.4. The molecule has 0 saturated carbocycles. The van der Waals surface area contributed by atoms with Gasteiger partial charge in [-0.25, -0.2) is 0 Å². The van der Waals surface area contributed by atoms with E-state index >= 15 is 0 Å². The number of carboxylic acids is 1. The molecule has 0 atom stereocenters. The van der Waals surface area contributed by atoms with Crippen molar-refractivity contribution in [3.8, 4) is 0 Å². The van der Waals surface area contributed by atoms with Gasteiger partial charge in [0.2, 0.25) is 0 Å². The summed E-state index contributed by atoms with van der Waals surface area (Å²) in [7, 11) is 0. The number of carbonyl (C=O) groups is 1. The molecule has 0 spiro atoms. The third-order valence-electron chi connectivity index (χ3n) is 8.24. The summed E-state index contributed by atoms with van der Waals surface area (Å²) in [5.41, 5.74) is 0. The van der Waals surface area contributed by atoms with Crippen LogP contribution in [0, 0.1) is 0 Å². The molecule has 0 saturated heterocycles. The van der Waals surface area contributed by atoms with Gasteiger partial charge < -0.3 is 5.11 Å². The first-order valence-electron chi connectivity index (χ1n) is 17.2. The number of carboxylic acid groups (broad SMARTS) is 1. The van der Waals surface area contributed by atoms with Gasteiger partial charge >= 0.3 is 173 Å². The Kier molecular flexibility index (Phi) is 34.6. The predicted molar refractivity (Wildman–Crippen MR) is 172 cm³/mol. The summed E-state index contributed by atoms with van der Waals surface area (Å²) in [5.74, 6) is -0.663. The second kappa shape index (κ2) is 32.5. The molecule has 3 heteroatoms. The summed E-state index contributed by atoms with van der Waals surface area (Å²) >= 11 is -1.83. The molecule has 0 unspecified atom stereocenters. The van der Waals surface area contributed by atoms with Gasteiger partial charge in [0.05, 0.1) is 0 Å². The van der Waals surface area contributed by atoms with Gasteiger partial charge in [0.25, 0.3) is 0 Å². The summed E-state index contributed by atoms with van der Waals surface area (Å²) in [6.07, 6.45) is 32.5. The Morgan fingerprint density at radius 3 is 1.00 bits per heavy atom. The van der Waals surface area contributed by atoms with Crippen LogP contribution < -0.4 is 0 Å². The molecule has 0 amide bonds. The first-order chi connectivity index (χ1) is 18.0. The molecule has 0 radical (unpaired) electrons. The van der Waals surface area contributed by atoms with Crippen LogP contribution in [-0.2, 0) is 4.79 Å². The molecular formula is C34H72O2Sn. The van der Waals surface area contributed by atoms with E-state index in [2.05, 4.69) is 34.6 Å². The number of hydrogen-bond acceptors (Lipinski definition) is 1. The Hall–Kier alpha value is 0.269. The fourth-order valence-corrected chi connectivity index (χ4v) is 21.9. The van der Waals surface area contributed by atoms with Gasteiger partial charge in [0.1, 0.15) is 0 Å². The molecule has 0 rings (SSSR count). The average molecular weight is 632 g/mol. The Bertz CT molecular complexity index is 412. The van der Waals surface area contributed by atoms with Crippen molar-refractivity contribution < 1.29 is 9.90 Å². The van der Waals surface area contributed by atoms with Gasteiger partial charge in [-0.1, -0.05) is 45.4 Å². The van der Waals surface area contributed by atoms with E-state index in [-0.39, 0.29) is 0 Å². The molecule has 0 aromatic heterocycles. The molecule has 1 N–H and O–H groups in total. The van der Waals surface area contributed by atoms with Crippen LogP contribution in [0.15, 0.2) is 0 Å². The standard InChI is InChI=1S/C10H20O2.2C8H17.2C4H9.Sn/c1-2-3-4-5-6-7-8-9-10(11)12;2*1-3-5-7-8-6-4-2;2*1-3-4-2;/h2-9H2,1H3,(H,11,12);2*1,3-8H2,2H3;2*1,3-4H2,2H3;. The molecule has 0 heterocycles. The van der Waals surface area contributed by atoms with Crippen molar-refractivity contribution in [3.63, 3.8) is 0 Å². The topological polar surface area (TPSA) is 37.3 Å². The van der Waals surface area contributed by atoms with Gasteiger partial charge in [-0.3, -0.25) is 4.79 Å². The van der Waals surface area contributed by atoms with Crippen LogP contribution in [0.2, 0.25) is 17.7 Å². The van der Waals surface area contributed by atoms with Crippen molar-refractivity contribution in [1.82, 2.24) is 0 Å². The van der Waals surface area contributed by atoms with E-state index in [4.69, 9.17) is 5.11 Å². The fraction of sp³-hybridized carbons (Fsp3) is 0.971. The van der Waals surface area contributed by atoms with Crippen LogP contribution in [-0.4, -0.2) is 29.5 Å². The van der Waals surface area contributed by atoms with Crippen LogP contribution in [0.25, 0.3) is 0 Å². The zero-order valence-corrected chi connectivity index (χ0v) is 29.5. The Balaban J connectivity index is 0. The number of hydrogen-bond donors (Lipinski definition) is 1. The Morgan fingerprint density at radius 1 is 0.405 bits per heavy atom. The summed E-state index contributed by atoms with van der Waals surface area (Å²) in [5, 5.41) is 8.35. The maximum absolute atomic E-state index is 10.1. The second-order valence-electron chi connectivity index (χ2n) is 12.0. The zero-order valence-electron chi connectivity index (χ0n) is 26.7. The van der Waals surface area contributed by atoms with E-state index < -0.39 is 24.3 Å². The molecule has 0 aliphatic rings. The molecule has 2 nitrogen and oxygen atoms in total. The van der Waals surface area contributed by atoms with Crippen molar-refractivity contribution in [2.45, 2.75) is 206 Å². The number of rotatable bonds is 28. The maximum atomic E-state index is 10.1. The van der Waals surface area contributed by atoms with Crippen LogP contribution in [0.3, 0.4) is 0 Å².